The monoisotopic (exact) mass is 374 g/mol. The Kier molecular flexibility index (Phi) is 6.48. The second kappa shape index (κ2) is 8.18. The highest BCUT2D eigenvalue weighted by molar-refractivity contribution is 7.89. The minimum Gasteiger partial charge on any atom is -0.495 e. The largest absolute Gasteiger partial charge is 0.495 e. The molecule has 1 fully saturated rings. The van der Waals surface area contributed by atoms with Crippen LogP contribution >= 0.6 is 11.6 Å². The number of nitrogens with zero attached hydrogens (tertiary/aromatic N) is 1. The van der Waals surface area contributed by atoms with Crippen LogP contribution in [-0.2, 0) is 14.8 Å². The zero-order valence-electron chi connectivity index (χ0n) is 13.9. The average molecular weight is 375 g/mol. The summed E-state index contributed by atoms with van der Waals surface area (Å²) in [5.41, 5.74) is 0. The van der Waals surface area contributed by atoms with Gasteiger partial charge in [0.1, 0.15) is 5.75 Å². The first-order chi connectivity index (χ1) is 11.4. The van der Waals surface area contributed by atoms with Crippen molar-refractivity contribution in [2.75, 3.05) is 20.2 Å². The van der Waals surface area contributed by atoms with E-state index in [4.69, 9.17) is 16.3 Å². The predicted octanol–water partition coefficient (Wildman–Crippen LogP) is 2.42. The van der Waals surface area contributed by atoms with Crippen LogP contribution in [0.2, 0.25) is 5.02 Å². The molecule has 1 N–H and O–H groups in total. The number of sulfonamides is 1. The van der Waals surface area contributed by atoms with Gasteiger partial charge < -0.3 is 9.64 Å². The van der Waals surface area contributed by atoms with Gasteiger partial charge >= 0.3 is 0 Å². The van der Waals surface area contributed by atoms with Crippen molar-refractivity contribution in [3.8, 4) is 5.75 Å². The van der Waals surface area contributed by atoms with Gasteiger partial charge in [-0.1, -0.05) is 18.5 Å². The van der Waals surface area contributed by atoms with E-state index in [1.165, 1.54) is 25.3 Å². The molecule has 0 aliphatic carbocycles. The second-order valence-corrected chi connectivity index (χ2v) is 7.94. The number of hydrogen-bond donors (Lipinski definition) is 1. The molecule has 1 saturated heterocycles. The number of nitrogens with one attached hydrogen (secondary N) is 1. The number of ether oxygens (including phenoxy) is 1. The number of likely N-dealkylation sites (tertiary alicyclic amines) is 1. The molecule has 0 bridgehead atoms. The Morgan fingerprint density at radius 3 is 2.79 bits per heavy atom. The number of carbonyl (C=O) groups is 1. The third-order valence-corrected chi connectivity index (χ3v) is 5.96. The third-order valence-electron chi connectivity index (χ3n) is 4.27. The minimum absolute atomic E-state index is 0.00628. The molecule has 2 rings (SSSR count). The Balaban J connectivity index is 2.04. The van der Waals surface area contributed by atoms with Crippen LogP contribution < -0.4 is 9.46 Å². The molecule has 6 nitrogen and oxygen atoms in total. The number of halogens is 1. The molecule has 1 unspecified atom stereocenters. The number of amides is 1. The highest BCUT2D eigenvalue weighted by Gasteiger charge is 2.26. The summed E-state index contributed by atoms with van der Waals surface area (Å²) >= 11 is 5.97. The van der Waals surface area contributed by atoms with Crippen molar-refractivity contribution in [2.45, 2.75) is 43.5 Å². The van der Waals surface area contributed by atoms with Gasteiger partial charge in [-0.2, -0.15) is 0 Å². The second-order valence-electron chi connectivity index (χ2n) is 5.77. The van der Waals surface area contributed by atoms with Gasteiger partial charge in [-0.25, -0.2) is 13.1 Å². The van der Waals surface area contributed by atoms with Gasteiger partial charge in [-0.05, 0) is 43.9 Å². The van der Waals surface area contributed by atoms with Gasteiger partial charge in [0, 0.05) is 12.6 Å². The molecule has 8 heteroatoms. The van der Waals surface area contributed by atoms with E-state index in [9.17, 15) is 13.2 Å². The molecule has 0 radical (unpaired) electrons. The van der Waals surface area contributed by atoms with Crippen molar-refractivity contribution in [3.63, 3.8) is 0 Å². The Bertz CT molecular complexity index is 693. The average Bonchev–Trinajstić information content (AvgIpc) is 2.59. The van der Waals surface area contributed by atoms with Gasteiger partial charge in [0.05, 0.1) is 23.6 Å². The molecule has 0 saturated carbocycles. The summed E-state index contributed by atoms with van der Waals surface area (Å²) in [7, 11) is -2.35. The van der Waals surface area contributed by atoms with Crippen molar-refractivity contribution < 1.29 is 17.9 Å². The van der Waals surface area contributed by atoms with E-state index in [0.717, 1.165) is 25.7 Å². The summed E-state index contributed by atoms with van der Waals surface area (Å²) in [6.45, 7) is 2.48. The fourth-order valence-electron chi connectivity index (χ4n) is 2.91. The van der Waals surface area contributed by atoms with Crippen LogP contribution in [0.3, 0.4) is 0 Å². The minimum atomic E-state index is -3.80. The van der Waals surface area contributed by atoms with Crippen LogP contribution in [0.25, 0.3) is 0 Å². The van der Waals surface area contributed by atoms with E-state index in [-0.39, 0.29) is 28.4 Å². The van der Waals surface area contributed by atoms with Gasteiger partial charge in [-0.15, -0.1) is 0 Å². The number of methoxy groups -OCH3 is 1. The highest BCUT2D eigenvalue weighted by atomic mass is 35.5. The molecule has 24 heavy (non-hydrogen) atoms. The molecular formula is C16H23ClN2O4S. The summed E-state index contributed by atoms with van der Waals surface area (Å²) < 4.78 is 32.1. The molecule has 134 valence electrons. The highest BCUT2D eigenvalue weighted by Crippen LogP contribution is 2.26. The van der Waals surface area contributed by atoms with Crippen molar-refractivity contribution in [1.82, 2.24) is 9.62 Å². The summed E-state index contributed by atoms with van der Waals surface area (Å²) in [5, 5.41) is 0.203. The normalized spacial score (nSPS) is 18.5. The van der Waals surface area contributed by atoms with Gasteiger partial charge in [0.2, 0.25) is 15.9 Å². The summed E-state index contributed by atoms with van der Waals surface area (Å²) in [6, 6.07) is 4.39. The van der Waals surface area contributed by atoms with Crippen LogP contribution in [-0.4, -0.2) is 45.5 Å². The van der Waals surface area contributed by atoms with Crippen LogP contribution in [0, 0.1) is 0 Å². The Morgan fingerprint density at radius 1 is 1.42 bits per heavy atom. The molecular weight excluding hydrogens is 352 g/mol. The van der Waals surface area contributed by atoms with E-state index in [0.29, 0.717) is 12.3 Å². The van der Waals surface area contributed by atoms with E-state index in [1.807, 2.05) is 6.92 Å². The van der Waals surface area contributed by atoms with E-state index in [1.54, 1.807) is 4.90 Å². The smallest absolute Gasteiger partial charge is 0.241 e. The molecule has 0 spiro atoms. The fourth-order valence-corrected chi connectivity index (χ4v) is 4.23. The zero-order valence-corrected chi connectivity index (χ0v) is 15.5. The van der Waals surface area contributed by atoms with Crippen LogP contribution in [0.4, 0.5) is 0 Å². The first-order valence-electron chi connectivity index (χ1n) is 8.01. The Labute approximate surface area is 148 Å². The number of hydrogen-bond acceptors (Lipinski definition) is 4. The van der Waals surface area contributed by atoms with Gasteiger partial charge in [-0.3, -0.25) is 4.79 Å². The van der Waals surface area contributed by atoms with Gasteiger partial charge in [0.15, 0.2) is 0 Å². The molecule has 0 aromatic heterocycles. The number of piperidine rings is 1. The molecule has 1 atom stereocenters. The van der Waals surface area contributed by atoms with Crippen LogP contribution in [0.5, 0.6) is 5.75 Å². The molecule has 1 amide bonds. The fraction of sp³-hybridized carbons (Fsp3) is 0.562. The maximum Gasteiger partial charge on any atom is 0.241 e. The predicted molar refractivity (Wildman–Crippen MR) is 92.8 cm³/mol. The molecule has 1 aliphatic heterocycles. The van der Waals surface area contributed by atoms with Crippen molar-refractivity contribution in [3.05, 3.63) is 23.2 Å². The van der Waals surface area contributed by atoms with E-state index in [2.05, 4.69) is 4.72 Å². The molecule has 1 aromatic rings. The maximum absolute atomic E-state index is 12.4. The lowest BCUT2D eigenvalue weighted by Gasteiger charge is -2.35. The first-order valence-corrected chi connectivity index (χ1v) is 9.87. The summed E-state index contributed by atoms with van der Waals surface area (Å²) in [4.78, 5) is 14.2. The molecule has 1 aliphatic rings. The summed E-state index contributed by atoms with van der Waals surface area (Å²) in [6.07, 6.45) is 3.93. The van der Waals surface area contributed by atoms with Crippen molar-refractivity contribution in [1.29, 1.82) is 0 Å². The Hall–Kier alpha value is -1.31. The number of carbonyl (C=O) groups excluding carboxylic acids is 1. The van der Waals surface area contributed by atoms with Gasteiger partial charge in [0.25, 0.3) is 0 Å². The standard InChI is InChI=1S/C16H23ClN2O4S/c1-3-12-6-4-5-9-19(12)16(20)11-18-24(21,22)13-7-8-15(23-2)14(17)10-13/h7-8,10,12,18H,3-6,9,11H2,1-2H3. The quantitative estimate of drug-likeness (QED) is 0.829. The lowest BCUT2D eigenvalue weighted by Crippen LogP contribution is -2.47. The first kappa shape index (κ1) is 19.0. The van der Waals surface area contributed by atoms with Crippen molar-refractivity contribution >= 4 is 27.5 Å². The SMILES string of the molecule is CCC1CCCCN1C(=O)CNS(=O)(=O)c1ccc(OC)c(Cl)c1. The zero-order chi connectivity index (χ0) is 17.7. The number of benzene rings is 1. The van der Waals surface area contributed by atoms with Crippen molar-refractivity contribution in [2.24, 2.45) is 0 Å². The third kappa shape index (κ3) is 4.40. The topological polar surface area (TPSA) is 75.7 Å². The van der Waals surface area contributed by atoms with Crippen LogP contribution in [0.15, 0.2) is 23.1 Å². The van der Waals surface area contributed by atoms with Crippen LogP contribution in [0.1, 0.15) is 32.6 Å². The summed E-state index contributed by atoms with van der Waals surface area (Å²) in [5.74, 6) is 0.204. The molecule has 1 heterocycles. The lowest BCUT2D eigenvalue weighted by molar-refractivity contribution is -0.133. The Morgan fingerprint density at radius 2 is 2.17 bits per heavy atom. The lowest BCUT2D eigenvalue weighted by atomic mass is 10.00. The maximum atomic E-state index is 12.4. The number of rotatable bonds is 6. The van der Waals surface area contributed by atoms with E-state index < -0.39 is 10.0 Å². The van der Waals surface area contributed by atoms with E-state index >= 15 is 0 Å². The molecule has 1 aromatic carbocycles.